The largest absolute Gasteiger partial charge is 0.261 e. The van der Waals surface area contributed by atoms with Crippen molar-refractivity contribution < 1.29 is 0 Å². The minimum Gasteiger partial charge on any atom is -0.261 e. The van der Waals surface area contributed by atoms with Crippen LogP contribution in [0.4, 0.5) is 5.82 Å². The van der Waals surface area contributed by atoms with Crippen molar-refractivity contribution in [3.05, 3.63) is 75.4 Å². The predicted molar refractivity (Wildman–Crippen MR) is 109 cm³/mol. The molecule has 0 bridgehead atoms. The van der Waals surface area contributed by atoms with Crippen LogP contribution in [0.3, 0.4) is 0 Å². The van der Waals surface area contributed by atoms with Crippen molar-refractivity contribution in [3.8, 4) is 11.4 Å². The number of rotatable bonds is 4. The lowest BCUT2D eigenvalue weighted by Crippen LogP contribution is -2.05. The molecule has 1 heterocycles. The molecule has 0 aliphatic carbocycles. The number of halogens is 2. The standard InChI is InChI=1S/C20H18Cl2N4/c1-12-13(2)23-20(15-7-5-4-6-8-15)24-19(12)26-25-14(3)16-9-10-17(21)18(22)11-16/h4-11H,1-3H3,(H,23,24,26)/b25-14+. The Bertz CT molecular complexity index is 969. The van der Waals surface area contributed by atoms with Gasteiger partial charge >= 0.3 is 0 Å². The quantitative estimate of drug-likeness (QED) is 0.449. The smallest absolute Gasteiger partial charge is 0.161 e. The number of nitrogens with one attached hydrogen (secondary N) is 1. The summed E-state index contributed by atoms with van der Waals surface area (Å²) < 4.78 is 0. The third-order valence-electron chi connectivity index (χ3n) is 4.09. The van der Waals surface area contributed by atoms with Crippen LogP contribution in [0.25, 0.3) is 11.4 Å². The number of benzene rings is 2. The first-order chi connectivity index (χ1) is 12.5. The molecule has 0 atom stereocenters. The molecule has 0 spiro atoms. The first-order valence-electron chi connectivity index (χ1n) is 8.12. The Morgan fingerprint density at radius 2 is 1.69 bits per heavy atom. The Morgan fingerprint density at radius 3 is 2.38 bits per heavy atom. The summed E-state index contributed by atoms with van der Waals surface area (Å²) in [6.45, 7) is 5.83. The van der Waals surface area contributed by atoms with Crippen molar-refractivity contribution in [2.75, 3.05) is 5.43 Å². The molecule has 0 radical (unpaired) electrons. The highest BCUT2D eigenvalue weighted by atomic mass is 35.5. The topological polar surface area (TPSA) is 50.2 Å². The molecule has 2 aromatic carbocycles. The molecule has 0 aliphatic heterocycles. The fraction of sp³-hybridized carbons (Fsp3) is 0.150. The number of nitrogens with zero attached hydrogens (tertiary/aromatic N) is 3. The molecule has 6 heteroatoms. The van der Waals surface area contributed by atoms with Gasteiger partial charge in [-0.15, -0.1) is 0 Å². The highest BCUT2D eigenvalue weighted by molar-refractivity contribution is 6.42. The molecule has 0 fully saturated rings. The van der Waals surface area contributed by atoms with E-state index in [0.29, 0.717) is 21.7 Å². The van der Waals surface area contributed by atoms with Gasteiger partial charge in [0.05, 0.1) is 15.8 Å². The van der Waals surface area contributed by atoms with E-state index in [0.717, 1.165) is 28.1 Å². The van der Waals surface area contributed by atoms with Crippen LogP contribution >= 0.6 is 23.2 Å². The summed E-state index contributed by atoms with van der Waals surface area (Å²) in [5.41, 5.74) is 7.55. The summed E-state index contributed by atoms with van der Waals surface area (Å²) in [7, 11) is 0. The minimum absolute atomic E-state index is 0.499. The number of aryl methyl sites for hydroxylation is 1. The van der Waals surface area contributed by atoms with E-state index in [1.54, 1.807) is 12.1 Å². The van der Waals surface area contributed by atoms with Crippen molar-refractivity contribution in [2.24, 2.45) is 5.10 Å². The van der Waals surface area contributed by atoms with Crippen molar-refractivity contribution in [3.63, 3.8) is 0 Å². The SMILES string of the molecule is C/C(=N\Nc1nc(-c2ccccc2)nc(C)c1C)c1ccc(Cl)c(Cl)c1. The average molecular weight is 385 g/mol. The first-order valence-corrected chi connectivity index (χ1v) is 8.87. The van der Waals surface area contributed by atoms with Gasteiger partial charge in [-0.2, -0.15) is 5.10 Å². The van der Waals surface area contributed by atoms with Crippen LogP contribution in [0.2, 0.25) is 10.0 Å². The van der Waals surface area contributed by atoms with E-state index in [4.69, 9.17) is 23.2 Å². The van der Waals surface area contributed by atoms with Gasteiger partial charge in [-0.05, 0) is 38.5 Å². The molecule has 3 rings (SSSR count). The Morgan fingerprint density at radius 1 is 0.962 bits per heavy atom. The van der Waals surface area contributed by atoms with Gasteiger partial charge in [0, 0.05) is 16.8 Å². The highest BCUT2D eigenvalue weighted by Gasteiger charge is 2.10. The lowest BCUT2D eigenvalue weighted by molar-refractivity contribution is 1.06. The summed E-state index contributed by atoms with van der Waals surface area (Å²) >= 11 is 12.0. The molecule has 26 heavy (non-hydrogen) atoms. The molecule has 0 amide bonds. The van der Waals surface area contributed by atoms with E-state index in [9.17, 15) is 0 Å². The van der Waals surface area contributed by atoms with Gasteiger partial charge in [-0.3, -0.25) is 5.43 Å². The van der Waals surface area contributed by atoms with Gasteiger partial charge in [0.1, 0.15) is 0 Å². The molecule has 0 unspecified atom stereocenters. The van der Waals surface area contributed by atoms with Gasteiger partial charge in [0.25, 0.3) is 0 Å². The second-order valence-electron chi connectivity index (χ2n) is 5.91. The zero-order valence-electron chi connectivity index (χ0n) is 14.7. The van der Waals surface area contributed by atoms with E-state index < -0.39 is 0 Å². The fourth-order valence-electron chi connectivity index (χ4n) is 2.38. The molecule has 1 aromatic heterocycles. The summed E-state index contributed by atoms with van der Waals surface area (Å²) in [6.07, 6.45) is 0. The van der Waals surface area contributed by atoms with E-state index >= 15 is 0 Å². The lowest BCUT2D eigenvalue weighted by atomic mass is 10.1. The van der Waals surface area contributed by atoms with Gasteiger partial charge in [-0.25, -0.2) is 9.97 Å². The minimum atomic E-state index is 0.499. The Hall–Kier alpha value is -2.43. The van der Waals surface area contributed by atoms with Crippen LogP contribution in [0.15, 0.2) is 53.6 Å². The first kappa shape index (κ1) is 18.4. The fourth-order valence-corrected chi connectivity index (χ4v) is 2.67. The Labute approximate surface area is 162 Å². The van der Waals surface area contributed by atoms with Crippen LogP contribution in [-0.2, 0) is 0 Å². The summed E-state index contributed by atoms with van der Waals surface area (Å²) in [4.78, 5) is 9.20. The number of hydrogen-bond donors (Lipinski definition) is 1. The molecular formula is C20H18Cl2N4. The molecule has 0 saturated carbocycles. The molecule has 1 N–H and O–H groups in total. The number of hydrogen-bond acceptors (Lipinski definition) is 4. The normalized spacial score (nSPS) is 11.5. The zero-order chi connectivity index (χ0) is 18.7. The van der Waals surface area contributed by atoms with Gasteiger partial charge in [-0.1, -0.05) is 59.6 Å². The van der Waals surface area contributed by atoms with Crippen LogP contribution < -0.4 is 5.43 Å². The van der Waals surface area contributed by atoms with Crippen LogP contribution in [0.5, 0.6) is 0 Å². The number of aromatic nitrogens is 2. The third-order valence-corrected chi connectivity index (χ3v) is 4.83. The number of hydrazone groups is 1. The molecule has 4 nitrogen and oxygen atoms in total. The van der Waals surface area contributed by atoms with E-state index in [2.05, 4.69) is 20.5 Å². The molecule has 0 aliphatic rings. The lowest BCUT2D eigenvalue weighted by Gasteiger charge is -2.11. The van der Waals surface area contributed by atoms with Crippen molar-refractivity contribution in [1.29, 1.82) is 0 Å². The summed E-state index contributed by atoms with van der Waals surface area (Å²) in [5, 5.41) is 5.47. The second-order valence-corrected chi connectivity index (χ2v) is 6.72. The maximum atomic E-state index is 6.08. The monoisotopic (exact) mass is 384 g/mol. The van der Waals surface area contributed by atoms with E-state index in [-0.39, 0.29) is 0 Å². The summed E-state index contributed by atoms with van der Waals surface area (Å²) in [5.74, 6) is 1.34. The van der Waals surface area contributed by atoms with Gasteiger partial charge in [0.2, 0.25) is 0 Å². The summed E-state index contributed by atoms with van der Waals surface area (Å²) in [6, 6.07) is 15.3. The average Bonchev–Trinajstić information content (AvgIpc) is 2.65. The molecule has 0 saturated heterocycles. The van der Waals surface area contributed by atoms with Gasteiger partial charge in [0.15, 0.2) is 11.6 Å². The maximum absolute atomic E-state index is 6.08. The maximum Gasteiger partial charge on any atom is 0.161 e. The number of anilines is 1. The molecule has 3 aromatic rings. The van der Waals surface area contributed by atoms with Gasteiger partial charge < -0.3 is 0 Å². The van der Waals surface area contributed by atoms with Crippen molar-refractivity contribution >= 4 is 34.7 Å². The van der Waals surface area contributed by atoms with Crippen LogP contribution in [-0.4, -0.2) is 15.7 Å². The molecule has 132 valence electrons. The highest BCUT2D eigenvalue weighted by Crippen LogP contribution is 2.24. The Kier molecular flexibility index (Phi) is 5.55. The van der Waals surface area contributed by atoms with Crippen LogP contribution in [0, 0.1) is 13.8 Å². The van der Waals surface area contributed by atoms with Crippen LogP contribution in [0.1, 0.15) is 23.7 Å². The van der Waals surface area contributed by atoms with E-state index in [1.807, 2.05) is 57.2 Å². The Balaban J connectivity index is 1.91. The third kappa shape index (κ3) is 4.03. The predicted octanol–water partition coefficient (Wildman–Crippen LogP) is 5.90. The van der Waals surface area contributed by atoms with Crippen molar-refractivity contribution in [1.82, 2.24) is 9.97 Å². The van der Waals surface area contributed by atoms with E-state index in [1.165, 1.54) is 0 Å². The second kappa shape index (κ2) is 7.85. The van der Waals surface area contributed by atoms with Crippen molar-refractivity contribution in [2.45, 2.75) is 20.8 Å². The molecular weight excluding hydrogens is 367 g/mol. The zero-order valence-corrected chi connectivity index (χ0v) is 16.2.